The van der Waals surface area contributed by atoms with E-state index >= 15 is 0 Å². The van der Waals surface area contributed by atoms with E-state index in [4.69, 9.17) is 0 Å². The Morgan fingerprint density at radius 1 is 1.12 bits per heavy atom. The van der Waals surface area contributed by atoms with Crippen molar-refractivity contribution in [3.05, 3.63) is 53.5 Å². The number of hydrogen-bond acceptors (Lipinski definition) is 5. The predicted molar refractivity (Wildman–Crippen MR) is 96.1 cm³/mol. The SMILES string of the molecule is c1ccc(CN2CCC(Nc3ncnc4c3CCNCC4)C2)cc1. The van der Waals surface area contributed by atoms with Crippen molar-refractivity contribution in [3.63, 3.8) is 0 Å². The third kappa shape index (κ3) is 3.57. The third-order valence-electron chi connectivity index (χ3n) is 4.99. The first kappa shape index (κ1) is 15.5. The molecule has 1 aromatic heterocycles. The van der Waals surface area contributed by atoms with Gasteiger partial charge in [-0.1, -0.05) is 30.3 Å². The van der Waals surface area contributed by atoms with Gasteiger partial charge in [-0.15, -0.1) is 0 Å². The largest absolute Gasteiger partial charge is 0.366 e. The molecule has 24 heavy (non-hydrogen) atoms. The Morgan fingerprint density at radius 2 is 2.00 bits per heavy atom. The zero-order valence-electron chi connectivity index (χ0n) is 14.0. The molecule has 2 aromatic rings. The molecule has 1 atom stereocenters. The summed E-state index contributed by atoms with van der Waals surface area (Å²) in [4.78, 5) is 11.5. The van der Waals surface area contributed by atoms with Gasteiger partial charge in [0.25, 0.3) is 0 Å². The van der Waals surface area contributed by atoms with E-state index in [-0.39, 0.29) is 0 Å². The van der Waals surface area contributed by atoms with Crippen molar-refractivity contribution in [2.45, 2.75) is 31.8 Å². The number of nitrogens with one attached hydrogen (secondary N) is 2. The summed E-state index contributed by atoms with van der Waals surface area (Å²) in [5.41, 5.74) is 3.90. The number of hydrogen-bond donors (Lipinski definition) is 2. The van der Waals surface area contributed by atoms with Crippen molar-refractivity contribution in [1.82, 2.24) is 20.2 Å². The Balaban J connectivity index is 1.40. The molecule has 0 bridgehead atoms. The third-order valence-corrected chi connectivity index (χ3v) is 4.99. The molecule has 4 rings (SSSR count). The van der Waals surface area contributed by atoms with Crippen molar-refractivity contribution in [3.8, 4) is 0 Å². The smallest absolute Gasteiger partial charge is 0.133 e. The molecule has 2 N–H and O–H groups in total. The van der Waals surface area contributed by atoms with Crippen LogP contribution in [0.4, 0.5) is 5.82 Å². The summed E-state index contributed by atoms with van der Waals surface area (Å²) in [6.45, 7) is 5.27. The van der Waals surface area contributed by atoms with Gasteiger partial charge in [0.15, 0.2) is 0 Å². The number of nitrogens with zero attached hydrogens (tertiary/aromatic N) is 3. The first-order valence-electron chi connectivity index (χ1n) is 8.95. The van der Waals surface area contributed by atoms with Gasteiger partial charge in [0, 0.05) is 44.2 Å². The van der Waals surface area contributed by atoms with E-state index in [1.165, 1.54) is 23.2 Å². The Morgan fingerprint density at radius 3 is 2.92 bits per heavy atom. The van der Waals surface area contributed by atoms with E-state index in [0.29, 0.717) is 6.04 Å². The van der Waals surface area contributed by atoms with Gasteiger partial charge in [-0.3, -0.25) is 4.90 Å². The van der Waals surface area contributed by atoms with Crippen molar-refractivity contribution < 1.29 is 0 Å². The van der Waals surface area contributed by atoms with Gasteiger partial charge in [0.1, 0.15) is 12.1 Å². The Kier molecular flexibility index (Phi) is 4.71. The van der Waals surface area contributed by atoms with Crippen LogP contribution in [0.2, 0.25) is 0 Å². The standard InChI is InChI=1S/C19H25N5/c1-2-4-15(5-3-1)12-24-11-8-16(13-24)23-19-17-6-9-20-10-7-18(17)21-14-22-19/h1-5,14,16,20H,6-13H2,(H,21,22,23). The molecule has 0 aliphatic carbocycles. The summed E-state index contributed by atoms with van der Waals surface area (Å²) in [6.07, 6.45) is 4.89. The highest BCUT2D eigenvalue weighted by Crippen LogP contribution is 2.22. The summed E-state index contributed by atoms with van der Waals surface area (Å²) < 4.78 is 0. The molecule has 0 amide bonds. The number of fused-ring (bicyclic) bond motifs is 1. The van der Waals surface area contributed by atoms with Crippen LogP contribution in [0.25, 0.3) is 0 Å². The maximum Gasteiger partial charge on any atom is 0.133 e. The molecule has 0 radical (unpaired) electrons. The second-order valence-corrected chi connectivity index (χ2v) is 6.75. The first-order valence-corrected chi connectivity index (χ1v) is 8.95. The van der Waals surface area contributed by atoms with Gasteiger partial charge in [0.2, 0.25) is 0 Å². The molecule has 3 heterocycles. The molecule has 1 unspecified atom stereocenters. The molecule has 5 nitrogen and oxygen atoms in total. The molecule has 5 heteroatoms. The fourth-order valence-corrected chi connectivity index (χ4v) is 3.73. The topological polar surface area (TPSA) is 53.1 Å². The monoisotopic (exact) mass is 323 g/mol. The summed E-state index contributed by atoms with van der Waals surface area (Å²) in [7, 11) is 0. The van der Waals surface area contributed by atoms with Crippen molar-refractivity contribution in [2.75, 3.05) is 31.5 Å². The lowest BCUT2D eigenvalue weighted by Crippen LogP contribution is -2.27. The predicted octanol–water partition coefficient (Wildman–Crippen LogP) is 1.85. The summed E-state index contributed by atoms with van der Waals surface area (Å²) >= 11 is 0. The maximum absolute atomic E-state index is 4.54. The van der Waals surface area contributed by atoms with Gasteiger partial charge in [-0.05, 0) is 24.9 Å². The molecule has 2 aliphatic rings. The number of aromatic nitrogens is 2. The van der Waals surface area contributed by atoms with Gasteiger partial charge < -0.3 is 10.6 Å². The molecule has 1 saturated heterocycles. The number of rotatable bonds is 4. The first-order chi connectivity index (χ1) is 11.9. The summed E-state index contributed by atoms with van der Waals surface area (Å²) in [6, 6.07) is 11.2. The molecule has 1 aromatic carbocycles. The van der Waals surface area contributed by atoms with Crippen LogP contribution in [0.5, 0.6) is 0 Å². The zero-order valence-corrected chi connectivity index (χ0v) is 14.0. The lowest BCUT2D eigenvalue weighted by atomic mass is 10.1. The van der Waals surface area contributed by atoms with Gasteiger partial charge in [-0.2, -0.15) is 0 Å². The molecule has 126 valence electrons. The van der Waals surface area contributed by atoms with Crippen LogP contribution >= 0.6 is 0 Å². The van der Waals surface area contributed by atoms with E-state index in [1.54, 1.807) is 6.33 Å². The minimum Gasteiger partial charge on any atom is -0.366 e. The van der Waals surface area contributed by atoms with Crippen LogP contribution in [-0.2, 0) is 19.4 Å². The van der Waals surface area contributed by atoms with E-state index in [2.05, 4.69) is 55.8 Å². The van der Waals surface area contributed by atoms with E-state index in [0.717, 1.165) is 51.4 Å². The Bertz CT molecular complexity index is 673. The minimum absolute atomic E-state index is 0.476. The van der Waals surface area contributed by atoms with Crippen LogP contribution in [0, 0.1) is 0 Å². The van der Waals surface area contributed by atoms with Crippen LogP contribution in [-0.4, -0.2) is 47.1 Å². The average molecular weight is 323 g/mol. The Hall–Kier alpha value is -1.98. The second kappa shape index (κ2) is 7.28. The Labute approximate surface area is 143 Å². The van der Waals surface area contributed by atoms with Crippen LogP contribution < -0.4 is 10.6 Å². The highest BCUT2D eigenvalue weighted by Gasteiger charge is 2.24. The number of anilines is 1. The van der Waals surface area contributed by atoms with Gasteiger partial charge in [0.05, 0.1) is 5.69 Å². The van der Waals surface area contributed by atoms with Crippen LogP contribution in [0.3, 0.4) is 0 Å². The molecular formula is C19H25N5. The molecule has 0 saturated carbocycles. The van der Waals surface area contributed by atoms with Crippen LogP contribution in [0.1, 0.15) is 23.2 Å². The van der Waals surface area contributed by atoms with E-state index < -0.39 is 0 Å². The quantitative estimate of drug-likeness (QED) is 0.899. The number of benzene rings is 1. The van der Waals surface area contributed by atoms with Crippen molar-refractivity contribution in [1.29, 1.82) is 0 Å². The molecular weight excluding hydrogens is 298 g/mol. The van der Waals surface area contributed by atoms with Crippen LogP contribution in [0.15, 0.2) is 36.7 Å². The summed E-state index contributed by atoms with van der Waals surface area (Å²) in [5.74, 6) is 1.05. The maximum atomic E-state index is 4.54. The highest BCUT2D eigenvalue weighted by atomic mass is 15.2. The fourth-order valence-electron chi connectivity index (χ4n) is 3.73. The van der Waals surface area contributed by atoms with Crippen molar-refractivity contribution >= 4 is 5.82 Å². The average Bonchev–Trinajstić information content (AvgIpc) is 2.90. The van der Waals surface area contributed by atoms with E-state index in [9.17, 15) is 0 Å². The zero-order chi connectivity index (χ0) is 16.2. The molecule has 1 fully saturated rings. The molecule has 2 aliphatic heterocycles. The van der Waals surface area contributed by atoms with E-state index in [1.807, 2.05) is 0 Å². The lowest BCUT2D eigenvalue weighted by Gasteiger charge is -2.19. The second-order valence-electron chi connectivity index (χ2n) is 6.75. The van der Waals surface area contributed by atoms with Gasteiger partial charge >= 0.3 is 0 Å². The number of likely N-dealkylation sites (tertiary alicyclic amines) is 1. The van der Waals surface area contributed by atoms with Gasteiger partial charge in [-0.25, -0.2) is 9.97 Å². The molecule has 0 spiro atoms. The minimum atomic E-state index is 0.476. The normalized spacial score (nSPS) is 21.2. The lowest BCUT2D eigenvalue weighted by molar-refractivity contribution is 0.328. The highest BCUT2D eigenvalue weighted by molar-refractivity contribution is 5.47. The van der Waals surface area contributed by atoms with Crippen molar-refractivity contribution in [2.24, 2.45) is 0 Å². The summed E-state index contributed by atoms with van der Waals surface area (Å²) in [5, 5.41) is 7.14. The fraction of sp³-hybridized carbons (Fsp3) is 0.474.